The van der Waals surface area contributed by atoms with Gasteiger partial charge < -0.3 is 4.74 Å². The Balaban J connectivity index is 2.52. The summed E-state index contributed by atoms with van der Waals surface area (Å²) in [5.74, 6) is 0.999. The molecule has 0 amide bonds. The first kappa shape index (κ1) is 7.80. The number of hydrogen-bond donors (Lipinski definition) is 0. The number of aromatic nitrogens is 1. The molecule has 1 aliphatic rings. The summed E-state index contributed by atoms with van der Waals surface area (Å²) in [4.78, 5) is 0. The first-order valence-corrected chi connectivity index (χ1v) is 4.87. The highest BCUT2D eigenvalue weighted by atomic mass is 16.5. The highest BCUT2D eigenvalue weighted by molar-refractivity contribution is 5.84. The van der Waals surface area contributed by atoms with Gasteiger partial charge in [0.05, 0.1) is 5.39 Å². The first-order chi connectivity index (χ1) is 6.77. The Hall–Kier alpha value is -1.57. The fourth-order valence-electron chi connectivity index (χ4n) is 2.10. The lowest BCUT2D eigenvalue weighted by molar-refractivity contribution is -0.715. The maximum atomic E-state index is 5.74. The summed E-state index contributed by atoms with van der Waals surface area (Å²) in [5.41, 5.74) is 2.52. The molecule has 2 aromatic rings. The van der Waals surface area contributed by atoms with Crippen LogP contribution < -0.4 is 9.30 Å². The van der Waals surface area contributed by atoms with E-state index < -0.39 is 0 Å². The van der Waals surface area contributed by atoms with Gasteiger partial charge in [0.1, 0.15) is 0 Å². The highest BCUT2D eigenvalue weighted by Crippen LogP contribution is 2.31. The Kier molecular flexibility index (Phi) is 1.38. The predicted molar refractivity (Wildman–Crippen MR) is 54.2 cm³/mol. The minimum atomic E-state index is 0.121. The maximum Gasteiger partial charge on any atom is 0.299 e. The molecule has 70 valence electrons. The summed E-state index contributed by atoms with van der Waals surface area (Å²) >= 11 is 0. The van der Waals surface area contributed by atoms with Crippen LogP contribution in [0.25, 0.3) is 10.9 Å². The maximum absolute atomic E-state index is 5.74. The molecule has 1 atom stereocenters. The zero-order valence-corrected chi connectivity index (χ0v) is 8.32. The van der Waals surface area contributed by atoms with Gasteiger partial charge in [-0.15, -0.1) is 0 Å². The molecule has 2 heterocycles. The van der Waals surface area contributed by atoms with Crippen LogP contribution in [0.4, 0.5) is 0 Å². The van der Waals surface area contributed by atoms with Crippen molar-refractivity contribution in [3.8, 4) is 5.75 Å². The van der Waals surface area contributed by atoms with E-state index in [4.69, 9.17) is 4.74 Å². The van der Waals surface area contributed by atoms with Gasteiger partial charge in [-0.2, -0.15) is 4.57 Å². The van der Waals surface area contributed by atoms with E-state index in [0.717, 1.165) is 5.75 Å². The van der Waals surface area contributed by atoms with Crippen molar-refractivity contribution < 1.29 is 9.30 Å². The van der Waals surface area contributed by atoms with Gasteiger partial charge in [0.25, 0.3) is 11.7 Å². The van der Waals surface area contributed by atoms with E-state index in [1.807, 2.05) is 12.1 Å². The van der Waals surface area contributed by atoms with Crippen LogP contribution in [-0.2, 0) is 0 Å². The zero-order chi connectivity index (χ0) is 9.71. The zero-order valence-electron chi connectivity index (χ0n) is 8.32. The normalized spacial score (nSPS) is 18.6. The molecule has 1 aromatic carbocycles. The number of pyridine rings is 1. The number of benzene rings is 1. The molecule has 0 saturated heterocycles. The molecule has 0 saturated carbocycles. The molecular formula is C12H12NO+. The molecule has 0 fully saturated rings. The second kappa shape index (κ2) is 2.47. The van der Waals surface area contributed by atoms with E-state index in [-0.39, 0.29) is 6.23 Å². The van der Waals surface area contributed by atoms with Gasteiger partial charge >= 0.3 is 0 Å². The van der Waals surface area contributed by atoms with Crippen molar-refractivity contribution in [2.45, 2.75) is 20.1 Å². The Morgan fingerprint density at radius 2 is 2.14 bits per heavy atom. The second-order valence-electron chi connectivity index (χ2n) is 3.78. The summed E-state index contributed by atoms with van der Waals surface area (Å²) < 4.78 is 7.92. The first-order valence-electron chi connectivity index (χ1n) is 4.87. The molecule has 0 aliphatic carbocycles. The van der Waals surface area contributed by atoms with Crippen LogP contribution in [0.2, 0.25) is 0 Å². The lowest BCUT2D eigenvalue weighted by Crippen LogP contribution is -2.36. The smallest absolute Gasteiger partial charge is 0.299 e. The van der Waals surface area contributed by atoms with Gasteiger partial charge in [-0.05, 0) is 24.6 Å². The van der Waals surface area contributed by atoms with Gasteiger partial charge in [-0.25, -0.2) is 0 Å². The second-order valence-corrected chi connectivity index (χ2v) is 3.78. The number of para-hydroxylation sites is 1. The Labute approximate surface area is 82.7 Å². The average Bonchev–Trinajstić information content (AvgIpc) is 2.50. The van der Waals surface area contributed by atoms with E-state index in [0.29, 0.717) is 0 Å². The van der Waals surface area contributed by atoms with Crippen LogP contribution in [0, 0.1) is 6.92 Å². The van der Waals surface area contributed by atoms with Crippen LogP contribution in [0.15, 0.2) is 30.5 Å². The Bertz CT molecular complexity index is 519. The van der Waals surface area contributed by atoms with Crippen molar-refractivity contribution in [2.75, 3.05) is 0 Å². The molecular weight excluding hydrogens is 174 g/mol. The monoisotopic (exact) mass is 186 g/mol. The molecule has 0 bridgehead atoms. The Morgan fingerprint density at radius 1 is 1.29 bits per heavy atom. The Morgan fingerprint density at radius 3 is 3.00 bits per heavy atom. The molecule has 0 N–H and O–H groups in total. The molecule has 14 heavy (non-hydrogen) atoms. The number of aryl methyl sites for hydroxylation is 1. The number of ether oxygens (including phenoxy) is 1. The average molecular weight is 186 g/mol. The van der Waals surface area contributed by atoms with E-state index >= 15 is 0 Å². The van der Waals surface area contributed by atoms with Gasteiger partial charge in [0.15, 0.2) is 11.9 Å². The van der Waals surface area contributed by atoms with Crippen molar-refractivity contribution in [1.29, 1.82) is 0 Å². The largest absolute Gasteiger partial charge is 0.427 e. The van der Waals surface area contributed by atoms with Crippen molar-refractivity contribution in [3.63, 3.8) is 0 Å². The molecule has 2 heteroatoms. The van der Waals surface area contributed by atoms with Crippen LogP contribution >= 0.6 is 0 Å². The van der Waals surface area contributed by atoms with Gasteiger partial charge in [0, 0.05) is 13.0 Å². The third-order valence-corrected chi connectivity index (χ3v) is 2.86. The molecule has 0 radical (unpaired) electrons. The minimum Gasteiger partial charge on any atom is -0.427 e. The number of nitrogens with zero attached hydrogens (tertiary/aromatic N) is 1. The summed E-state index contributed by atoms with van der Waals surface area (Å²) in [6.07, 6.45) is 2.22. The highest BCUT2D eigenvalue weighted by Gasteiger charge is 2.29. The van der Waals surface area contributed by atoms with Crippen molar-refractivity contribution in [1.82, 2.24) is 0 Å². The van der Waals surface area contributed by atoms with Gasteiger partial charge in [-0.1, -0.05) is 6.07 Å². The van der Waals surface area contributed by atoms with Crippen LogP contribution in [0.5, 0.6) is 5.75 Å². The topological polar surface area (TPSA) is 13.1 Å². The van der Waals surface area contributed by atoms with Crippen LogP contribution in [0.1, 0.15) is 18.7 Å². The minimum absolute atomic E-state index is 0.121. The van der Waals surface area contributed by atoms with Crippen LogP contribution in [-0.4, -0.2) is 0 Å². The summed E-state index contributed by atoms with van der Waals surface area (Å²) in [6.45, 7) is 4.20. The van der Waals surface area contributed by atoms with E-state index in [2.05, 4.69) is 36.7 Å². The van der Waals surface area contributed by atoms with Gasteiger partial charge in [0.2, 0.25) is 0 Å². The third kappa shape index (κ3) is 0.830. The summed E-state index contributed by atoms with van der Waals surface area (Å²) in [7, 11) is 0. The van der Waals surface area contributed by atoms with Gasteiger partial charge in [-0.3, -0.25) is 0 Å². The molecule has 2 nitrogen and oxygen atoms in total. The molecule has 1 aromatic heterocycles. The lowest BCUT2D eigenvalue weighted by atomic mass is 10.1. The number of hydrogen-bond acceptors (Lipinski definition) is 1. The third-order valence-electron chi connectivity index (χ3n) is 2.86. The molecule has 1 aliphatic heterocycles. The van der Waals surface area contributed by atoms with E-state index in [1.54, 1.807) is 0 Å². The number of rotatable bonds is 0. The van der Waals surface area contributed by atoms with E-state index in [1.165, 1.54) is 16.5 Å². The lowest BCUT2D eigenvalue weighted by Gasteiger charge is -1.98. The molecule has 0 spiro atoms. The van der Waals surface area contributed by atoms with Crippen molar-refractivity contribution in [3.05, 3.63) is 36.0 Å². The summed E-state index contributed by atoms with van der Waals surface area (Å²) in [6, 6.07) is 8.36. The van der Waals surface area contributed by atoms with Crippen LogP contribution in [0.3, 0.4) is 0 Å². The fraction of sp³-hybridized carbons (Fsp3) is 0.250. The molecule has 3 rings (SSSR count). The van der Waals surface area contributed by atoms with Crippen molar-refractivity contribution in [2.24, 2.45) is 0 Å². The predicted octanol–water partition coefficient (Wildman–Crippen LogP) is 2.35. The molecule has 1 unspecified atom stereocenters. The van der Waals surface area contributed by atoms with E-state index in [9.17, 15) is 0 Å². The summed E-state index contributed by atoms with van der Waals surface area (Å²) in [5, 5.41) is 1.29. The van der Waals surface area contributed by atoms with Crippen molar-refractivity contribution >= 4 is 10.9 Å². The standard InChI is InChI=1S/C12H12NO/c1-8-6-7-13-9(2)14-11-5-3-4-10(8)12(11)13/h3-7,9H,1-2H3/q+1. The SMILES string of the molecule is Cc1cc[n+]2c3c(cccc13)OC2C. The fourth-order valence-corrected chi connectivity index (χ4v) is 2.10. The quantitative estimate of drug-likeness (QED) is 0.575.